The number of hydrogen-bond acceptors (Lipinski definition) is 7. The number of anilines is 1. The van der Waals surface area contributed by atoms with E-state index in [-0.39, 0.29) is 0 Å². The van der Waals surface area contributed by atoms with Crippen molar-refractivity contribution in [1.29, 1.82) is 5.41 Å². The number of allylic oxidation sites excluding steroid dienone is 1. The molecule has 31 heavy (non-hydrogen) atoms. The molecule has 1 aromatic carbocycles. The minimum Gasteiger partial charge on any atom is -0.611 e. The van der Waals surface area contributed by atoms with Crippen LogP contribution < -0.4 is 10.6 Å². The van der Waals surface area contributed by atoms with Gasteiger partial charge in [0.05, 0.1) is 22.7 Å². The minimum absolute atomic E-state index is 0.397. The van der Waals surface area contributed by atoms with Gasteiger partial charge < -0.3 is 25.4 Å². The molecule has 2 atom stereocenters. The first-order valence-corrected chi connectivity index (χ1v) is 10.1. The van der Waals surface area contributed by atoms with Gasteiger partial charge >= 0.3 is 18.1 Å². The van der Waals surface area contributed by atoms with Crippen molar-refractivity contribution in [3.8, 4) is 0 Å². The number of carbonyl (C=O) groups is 3. The Hall–Kier alpha value is -2.77. The van der Waals surface area contributed by atoms with Crippen LogP contribution in [0.2, 0.25) is 5.02 Å². The highest BCUT2D eigenvalue weighted by atomic mass is 35.5. The van der Waals surface area contributed by atoms with E-state index in [0.717, 1.165) is 13.2 Å². The first kappa shape index (κ1) is 24.5. The van der Waals surface area contributed by atoms with Crippen molar-refractivity contribution in [3.63, 3.8) is 0 Å². The van der Waals surface area contributed by atoms with Crippen LogP contribution in [0.5, 0.6) is 0 Å². The lowest BCUT2D eigenvalue weighted by Crippen LogP contribution is -2.55. The highest BCUT2D eigenvalue weighted by Gasteiger charge is 2.50. The quantitative estimate of drug-likeness (QED) is 0.305. The second kappa shape index (κ2) is 8.40. The Labute approximate surface area is 181 Å². The zero-order valence-corrected chi connectivity index (χ0v) is 17.4. The molecule has 1 aromatic rings. The maximum Gasteiger partial charge on any atom is 0.416 e. The van der Waals surface area contributed by atoms with Gasteiger partial charge in [0, 0.05) is 12.5 Å². The molecule has 0 radical (unpaired) electrons. The number of carboxylic acid groups (broad SMARTS) is 2. The van der Waals surface area contributed by atoms with Gasteiger partial charge in [0.25, 0.3) is 0 Å². The number of Topliss-reactive ketones (excluding diaryl/α,β-unsaturated/α-hetero) is 1. The number of aliphatic carboxylic acids is 2. The summed E-state index contributed by atoms with van der Waals surface area (Å²) in [6.45, 7) is 0.983. The normalized spacial score (nSPS) is 20.6. The lowest BCUT2D eigenvalue weighted by Gasteiger charge is -2.39. The molecule has 1 aliphatic heterocycles. The van der Waals surface area contributed by atoms with Crippen molar-refractivity contribution in [3.05, 3.63) is 39.0 Å². The fraction of sp³-hybridized carbons (Fsp3) is 0.294. The molecule has 0 saturated carbocycles. The van der Waals surface area contributed by atoms with Crippen LogP contribution in [-0.4, -0.2) is 44.5 Å². The van der Waals surface area contributed by atoms with Crippen LogP contribution in [0.25, 0.3) is 0 Å². The van der Waals surface area contributed by atoms with Gasteiger partial charge in [-0.25, -0.2) is 4.79 Å². The standard InChI is InChI=1S/C17H15ClF3N3O6S/c1-6(25)11(22)13(31(2)30)14-23-12-8(3-7(4-9(12)18)17(19,20)21)16(24-14,15(28)29)5-10(26)27/h3-4,22-24H,5H2,1-2H3,(H,26,27)(H,28,29)/b14-13+,22-11?. The maximum atomic E-state index is 13.3. The van der Waals surface area contributed by atoms with Crippen LogP contribution in [0.4, 0.5) is 18.9 Å². The summed E-state index contributed by atoms with van der Waals surface area (Å²) in [6.07, 6.45) is -5.09. The van der Waals surface area contributed by atoms with Gasteiger partial charge in [0.1, 0.15) is 6.26 Å². The molecule has 168 valence electrons. The van der Waals surface area contributed by atoms with Crippen LogP contribution in [0.3, 0.4) is 0 Å². The Bertz CT molecular complexity index is 1030. The van der Waals surface area contributed by atoms with Crippen molar-refractivity contribution < 1.29 is 42.3 Å². The Kier molecular flexibility index (Phi) is 6.64. The van der Waals surface area contributed by atoms with Crippen molar-refractivity contribution in [2.45, 2.75) is 25.1 Å². The lowest BCUT2D eigenvalue weighted by atomic mass is 9.82. The Balaban J connectivity index is 2.96. The Morgan fingerprint density at radius 2 is 1.87 bits per heavy atom. The molecule has 0 spiro atoms. The van der Waals surface area contributed by atoms with E-state index < -0.39 is 85.3 Å². The zero-order valence-electron chi connectivity index (χ0n) is 15.8. The second-order valence-electron chi connectivity index (χ2n) is 6.50. The summed E-state index contributed by atoms with van der Waals surface area (Å²) in [6, 6.07) is 0.941. The van der Waals surface area contributed by atoms with E-state index in [2.05, 4.69) is 10.6 Å². The smallest absolute Gasteiger partial charge is 0.416 e. The summed E-state index contributed by atoms with van der Waals surface area (Å²) in [5, 5.41) is 31.1. The van der Waals surface area contributed by atoms with Gasteiger partial charge in [-0.05, 0) is 23.3 Å². The third-order valence-electron chi connectivity index (χ3n) is 4.34. The highest BCUT2D eigenvalue weighted by Crippen LogP contribution is 2.45. The third kappa shape index (κ3) is 4.62. The molecule has 0 aromatic heterocycles. The zero-order chi connectivity index (χ0) is 23.9. The van der Waals surface area contributed by atoms with E-state index in [1.165, 1.54) is 0 Å². The number of carbonyl (C=O) groups excluding carboxylic acids is 1. The first-order chi connectivity index (χ1) is 14.1. The molecule has 0 fully saturated rings. The maximum absolute atomic E-state index is 13.3. The topological polar surface area (TPSA) is 163 Å². The molecule has 9 nitrogen and oxygen atoms in total. The van der Waals surface area contributed by atoms with E-state index in [0.29, 0.717) is 12.1 Å². The van der Waals surface area contributed by atoms with Gasteiger partial charge in [-0.2, -0.15) is 13.2 Å². The number of ketones is 1. The molecule has 2 rings (SSSR count). The number of nitrogens with one attached hydrogen (secondary N) is 3. The van der Waals surface area contributed by atoms with Crippen LogP contribution in [0, 0.1) is 5.41 Å². The molecular formula is C17H15ClF3N3O6S. The van der Waals surface area contributed by atoms with Gasteiger partial charge in [0.15, 0.2) is 22.9 Å². The lowest BCUT2D eigenvalue weighted by molar-refractivity contribution is -0.152. The molecule has 14 heteroatoms. The molecule has 1 heterocycles. The average Bonchev–Trinajstić information content (AvgIpc) is 2.60. The molecule has 0 bridgehead atoms. The average molecular weight is 482 g/mol. The Morgan fingerprint density at radius 3 is 2.29 bits per heavy atom. The van der Waals surface area contributed by atoms with Crippen molar-refractivity contribution in [1.82, 2.24) is 5.32 Å². The van der Waals surface area contributed by atoms with Gasteiger partial charge in [0.2, 0.25) is 4.91 Å². The van der Waals surface area contributed by atoms with E-state index in [9.17, 15) is 42.3 Å². The van der Waals surface area contributed by atoms with Gasteiger partial charge in [-0.1, -0.05) is 11.6 Å². The number of hydrogen-bond donors (Lipinski definition) is 5. The largest absolute Gasteiger partial charge is 0.611 e. The van der Waals surface area contributed by atoms with Crippen LogP contribution in [0.1, 0.15) is 24.5 Å². The van der Waals surface area contributed by atoms with Crippen molar-refractivity contribution in [2.24, 2.45) is 0 Å². The van der Waals surface area contributed by atoms with Crippen LogP contribution >= 0.6 is 11.6 Å². The molecular weight excluding hydrogens is 467 g/mol. The molecule has 0 amide bonds. The number of alkyl halides is 3. The SMILES string of the molecule is CC(=O)C(=N)/C(=C1/Nc2c(Cl)cc(C(F)(F)F)cc2C(CC(=O)O)(C(=O)O)N1)[S+](C)[O-]. The van der Waals surface area contributed by atoms with Crippen LogP contribution in [-0.2, 0) is 37.3 Å². The highest BCUT2D eigenvalue weighted by molar-refractivity contribution is 7.95. The molecule has 5 N–H and O–H groups in total. The number of fused-ring (bicyclic) bond motifs is 1. The number of halogens is 4. The van der Waals surface area contributed by atoms with Crippen molar-refractivity contribution in [2.75, 3.05) is 11.6 Å². The summed E-state index contributed by atoms with van der Waals surface area (Å²) in [5.41, 5.74) is -5.82. The van der Waals surface area contributed by atoms with Gasteiger partial charge in [-0.15, -0.1) is 0 Å². The predicted molar refractivity (Wildman–Crippen MR) is 104 cm³/mol. The van der Waals surface area contributed by atoms with Crippen LogP contribution in [0.15, 0.2) is 22.9 Å². The van der Waals surface area contributed by atoms with Crippen molar-refractivity contribution >= 4 is 51.9 Å². The minimum atomic E-state index is -4.92. The molecule has 0 saturated heterocycles. The number of carboxylic acids is 2. The fourth-order valence-electron chi connectivity index (χ4n) is 2.97. The molecule has 2 unspecified atom stereocenters. The fourth-order valence-corrected chi connectivity index (χ4v) is 4.05. The summed E-state index contributed by atoms with van der Waals surface area (Å²) < 4.78 is 52.1. The molecule has 0 aliphatic carbocycles. The van der Waals surface area contributed by atoms with E-state index >= 15 is 0 Å². The summed E-state index contributed by atoms with van der Waals surface area (Å²) in [7, 11) is 0. The Morgan fingerprint density at radius 1 is 1.29 bits per heavy atom. The van der Waals surface area contributed by atoms with Gasteiger partial charge in [-0.3, -0.25) is 15.0 Å². The number of benzene rings is 1. The van der Waals surface area contributed by atoms with E-state index in [1.54, 1.807) is 0 Å². The predicted octanol–water partition coefficient (Wildman–Crippen LogP) is 2.28. The summed E-state index contributed by atoms with van der Waals surface area (Å²) in [5.74, 6) is -4.90. The third-order valence-corrected chi connectivity index (χ3v) is 5.62. The van der Waals surface area contributed by atoms with E-state index in [4.69, 9.17) is 17.0 Å². The summed E-state index contributed by atoms with van der Waals surface area (Å²) >= 11 is 3.90. The first-order valence-electron chi connectivity index (χ1n) is 8.21. The second-order valence-corrected chi connectivity index (χ2v) is 8.22. The monoisotopic (exact) mass is 481 g/mol. The number of rotatable bonds is 6. The summed E-state index contributed by atoms with van der Waals surface area (Å²) in [4.78, 5) is 34.8. The molecule has 1 aliphatic rings. The van der Waals surface area contributed by atoms with E-state index in [1.807, 2.05) is 0 Å².